The first-order chi connectivity index (χ1) is 12.6. The molecule has 0 spiro atoms. The normalized spacial score (nSPS) is 17.4. The van der Waals surface area contributed by atoms with E-state index >= 15 is 0 Å². The van der Waals surface area contributed by atoms with Crippen LogP contribution in [0.15, 0.2) is 43.5 Å². The smallest absolute Gasteiger partial charge is 0.243 e. The Labute approximate surface area is 151 Å². The van der Waals surface area contributed by atoms with Crippen molar-refractivity contribution in [2.24, 2.45) is 7.05 Å². The maximum Gasteiger partial charge on any atom is 0.243 e. The third-order valence-electron chi connectivity index (χ3n) is 4.62. The lowest BCUT2D eigenvalue weighted by molar-refractivity contribution is -0.117. The van der Waals surface area contributed by atoms with E-state index in [9.17, 15) is 4.79 Å². The maximum atomic E-state index is 11.6. The van der Waals surface area contributed by atoms with Crippen molar-refractivity contribution in [1.82, 2.24) is 29.7 Å². The lowest BCUT2D eigenvalue weighted by Gasteiger charge is -2.34. The molecule has 4 heterocycles. The van der Waals surface area contributed by atoms with E-state index in [2.05, 4.69) is 27.0 Å². The molecular weight excluding hydrogens is 330 g/mol. The average Bonchev–Trinajstić information content (AvgIpc) is 3.29. The van der Waals surface area contributed by atoms with Gasteiger partial charge >= 0.3 is 0 Å². The molecule has 1 N–H and O–H groups in total. The summed E-state index contributed by atoms with van der Waals surface area (Å²) in [5.74, 6) is 0.741. The van der Waals surface area contributed by atoms with Crippen LogP contribution in [-0.2, 0) is 11.8 Å². The van der Waals surface area contributed by atoms with Gasteiger partial charge in [-0.15, -0.1) is 0 Å². The molecule has 1 aliphatic heterocycles. The minimum Gasteiger partial charge on any atom is -0.353 e. The zero-order chi connectivity index (χ0) is 18.1. The zero-order valence-electron chi connectivity index (χ0n) is 14.7. The summed E-state index contributed by atoms with van der Waals surface area (Å²) in [7, 11) is 1.88. The predicted molar refractivity (Wildman–Crippen MR) is 98.8 cm³/mol. The first kappa shape index (κ1) is 16.3. The molecule has 26 heavy (non-hydrogen) atoms. The molecule has 8 heteroatoms. The van der Waals surface area contributed by atoms with Crippen LogP contribution in [0.3, 0.4) is 0 Å². The Hall–Kier alpha value is -3.16. The molecule has 1 fully saturated rings. The highest BCUT2D eigenvalue weighted by Gasteiger charge is 2.24. The van der Waals surface area contributed by atoms with E-state index in [1.165, 1.54) is 6.08 Å². The predicted octanol–water partition coefficient (Wildman–Crippen LogP) is 1.40. The van der Waals surface area contributed by atoms with Gasteiger partial charge in [0.15, 0.2) is 5.82 Å². The van der Waals surface area contributed by atoms with Crippen LogP contribution < -0.4 is 10.2 Å². The molecule has 1 atom stereocenters. The van der Waals surface area contributed by atoms with Crippen LogP contribution in [0.5, 0.6) is 0 Å². The molecule has 134 valence electrons. The Morgan fingerprint density at radius 3 is 3.04 bits per heavy atom. The first-order valence-corrected chi connectivity index (χ1v) is 8.65. The quantitative estimate of drug-likeness (QED) is 0.719. The number of hydrogen-bond acceptors (Lipinski definition) is 5. The molecular formula is C18H21N7O. The molecule has 0 saturated carbocycles. The Kier molecular flexibility index (Phi) is 4.16. The van der Waals surface area contributed by atoms with Crippen molar-refractivity contribution in [2.75, 3.05) is 18.0 Å². The van der Waals surface area contributed by atoms with Crippen molar-refractivity contribution in [1.29, 1.82) is 0 Å². The van der Waals surface area contributed by atoms with E-state index in [0.29, 0.717) is 6.54 Å². The van der Waals surface area contributed by atoms with Gasteiger partial charge in [-0.05, 0) is 25.0 Å². The second kappa shape index (κ2) is 6.62. The minimum absolute atomic E-state index is 0.0843. The van der Waals surface area contributed by atoms with E-state index in [-0.39, 0.29) is 11.9 Å². The number of anilines is 1. The van der Waals surface area contributed by atoms with Gasteiger partial charge in [0.2, 0.25) is 5.91 Å². The molecule has 1 unspecified atom stereocenters. The number of nitrogens with zero attached hydrogens (tertiary/aromatic N) is 6. The molecule has 1 amide bonds. The first-order valence-electron chi connectivity index (χ1n) is 8.65. The number of piperidine rings is 1. The molecule has 0 aliphatic carbocycles. The van der Waals surface area contributed by atoms with Crippen molar-refractivity contribution in [3.05, 3.63) is 43.5 Å². The fourth-order valence-corrected chi connectivity index (χ4v) is 3.38. The number of carbonyl (C=O) groups excluding carboxylic acids is 1. The summed E-state index contributed by atoms with van der Waals surface area (Å²) in [5.41, 5.74) is 2.72. The molecule has 3 aromatic rings. The Balaban J connectivity index is 1.69. The third kappa shape index (κ3) is 3.05. The fraction of sp³-hybridized carbons (Fsp3) is 0.333. The standard InChI is InChI=1S/C18H21N7O/c1-3-17(26)21-14-5-4-8-24(11-14)18-16-6-7-19-25(16)12-15(22-18)13-9-20-23(2)10-13/h3,6-7,9-10,12,14H,1,4-5,8,11H2,2H3,(H,21,26). The second-order valence-corrected chi connectivity index (χ2v) is 6.51. The molecule has 0 radical (unpaired) electrons. The van der Waals surface area contributed by atoms with Gasteiger partial charge in [0, 0.05) is 37.9 Å². The van der Waals surface area contributed by atoms with Gasteiger partial charge in [-0.3, -0.25) is 9.48 Å². The van der Waals surface area contributed by atoms with Crippen LogP contribution in [0.2, 0.25) is 0 Å². The molecule has 3 aromatic heterocycles. The highest BCUT2D eigenvalue weighted by atomic mass is 16.1. The Bertz CT molecular complexity index is 958. The summed E-state index contributed by atoms with van der Waals surface area (Å²) >= 11 is 0. The number of hydrogen-bond donors (Lipinski definition) is 1. The monoisotopic (exact) mass is 351 g/mol. The molecule has 0 bridgehead atoms. The molecule has 8 nitrogen and oxygen atoms in total. The number of aromatic nitrogens is 5. The van der Waals surface area contributed by atoms with Gasteiger partial charge < -0.3 is 10.2 Å². The molecule has 0 aromatic carbocycles. The lowest BCUT2D eigenvalue weighted by Crippen LogP contribution is -2.47. The summed E-state index contributed by atoms with van der Waals surface area (Å²) < 4.78 is 3.60. The number of fused-ring (bicyclic) bond motifs is 1. The third-order valence-corrected chi connectivity index (χ3v) is 4.62. The highest BCUT2D eigenvalue weighted by molar-refractivity contribution is 5.87. The van der Waals surface area contributed by atoms with Crippen molar-refractivity contribution in [3.63, 3.8) is 0 Å². The largest absolute Gasteiger partial charge is 0.353 e. The van der Waals surface area contributed by atoms with Crippen molar-refractivity contribution >= 4 is 17.2 Å². The topological polar surface area (TPSA) is 80.4 Å². The van der Waals surface area contributed by atoms with E-state index in [1.54, 1.807) is 17.1 Å². The Morgan fingerprint density at radius 1 is 1.38 bits per heavy atom. The molecule has 4 rings (SSSR count). The van der Waals surface area contributed by atoms with Crippen LogP contribution in [0, 0.1) is 0 Å². The SMILES string of the molecule is C=CC(=O)NC1CCCN(c2nc(-c3cnn(C)c3)cn3nccc23)C1. The number of nitrogens with one attached hydrogen (secondary N) is 1. The van der Waals surface area contributed by atoms with E-state index < -0.39 is 0 Å². The van der Waals surface area contributed by atoms with Gasteiger partial charge in [-0.25, -0.2) is 9.50 Å². The van der Waals surface area contributed by atoms with Crippen LogP contribution in [0.1, 0.15) is 12.8 Å². The molecule has 1 saturated heterocycles. The summed E-state index contributed by atoms with van der Waals surface area (Å²) in [6.07, 6.45) is 10.7. The summed E-state index contributed by atoms with van der Waals surface area (Å²) in [6.45, 7) is 5.13. The Morgan fingerprint density at radius 2 is 2.27 bits per heavy atom. The number of aryl methyl sites for hydroxylation is 1. The van der Waals surface area contributed by atoms with Crippen LogP contribution in [-0.4, -0.2) is 49.4 Å². The average molecular weight is 351 g/mol. The van der Waals surface area contributed by atoms with Crippen molar-refractivity contribution < 1.29 is 4.79 Å². The zero-order valence-corrected chi connectivity index (χ0v) is 14.7. The second-order valence-electron chi connectivity index (χ2n) is 6.51. The summed E-state index contributed by atoms with van der Waals surface area (Å²) in [6, 6.07) is 2.04. The number of rotatable bonds is 4. The van der Waals surface area contributed by atoms with Gasteiger partial charge in [-0.1, -0.05) is 6.58 Å². The van der Waals surface area contributed by atoms with Gasteiger partial charge in [0.1, 0.15) is 5.52 Å². The van der Waals surface area contributed by atoms with Crippen LogP contribution in [0.25, 0.3) is 16.8 Å². The fourth-order valence-electron chi connectivity index (χ4n) is 3.38. The molecule has 1 aliphatic rings. The van der Waals surface area contributed by atoms with E-state index in [4.69, 9.17) is 4.98 Å². The summed E-state index contributed by atoms with van der Waals surface area (Å²) in [4.78, 5) is 18.8. The number of amides is 1. The van der Waals surface area contributed by atoms with Gasteiger partial charge in [-0.2, -0.15) is 10.2 Å². The lowest BCUT2D eigenvalue weighted by atomic mass is 10.1. The van der Waals surface area contributed by atoms with E-state index in [1.807, 2.05) is 30.0 Å². The van der Waals surface area contributed by atoms with Crippen LogP contribution >= 0.6 is 0 Å². The highest BCUT2D eigenvalue weighted by Crippen LogP contribution is 2.27. The van der Waals surface area contributed by atoms with E-state index in [0.717, 1.165) is 42.0 Å². The van der Waals surface area contributed by atoms with Crippen molar-refractivity contribution in [3.8, 4) is 11.3 Å². The van der Waals surface area contributed by atoms with Crippen LogP contribution in [0.4, 0.5) is 5.82 Å². The van der Waals surface area contributed by atoms with Gasteiger partial charge in [0.05, 0.1) is 24.3 Å². The summed E-state index contributed by atoms with van der Waals surface area (Å²) in [5, 5.41) is 11.6. The maximum absolute atomic E-state index is 11.6. The van der Waals surface area contributed by atoms with Crippen molar-refractivity contribution in [2.45, 2.75) is 18.9 Å². The minimum atomic E-state index is -0.136. The number of carbonyl (C=O) groups is 1. The van der Waals surface area contributed by atoms with Gasteiger partial charge in [0.25, 0.3) is 0 Å².